The van der Waals surface area contributed by atoms with Crippen LogP contribution in [0.4, 0.5) is 0 Å². The Morgan fingerprint density at radius 3 is 3.00 bits per heavy atom. The van der Waals surface area contributed by atoms with E-state index in [1.807, 2.05) is 36.4 Å². The standard InChI is InChI=1S/C21H21N3O3/c25-20-11-18(17-7-1-2-8-19(17)23-20)21(26)24-10-4-6-16(13-24)27-14-15-5-3-9-22-12-15/h1-3,5,7-9,11-12,16H,4,6,10,13-14H2,(H,23,25). The van der Waals surface area contributed by atoms with E-state index >= 15 is 0 Å². The fraction of sp³-hybridized carbons (Fsp3) is 0.286. The van der Waals surface area contributed by atoms with Crippen molar-refractivity contribution in [3.05, 3.63) is 76.3 Å². The molecule has 1 amide bonds. The highest BCUT2D eigenvalue weighted by atomic mass is 16.5. The Hall–Kier alpha value is -2.99. The molecular weight excluding hydrogens is 342 g/mol. The van der Waals surface area contributed by atoms with Gasteiger partial charge in [-0.15, -0.1) is 0 Å². The summed E-state index contributed by atoms with van der Waals surface area (Å²) in [5, 5.41) is 0.764. The number of ether oxygens (including phenoxy) is 1. The molecule has 1 aromatic carbocycles. The highest BCUT2D eigenvalue weighted by molar-refractivity contribution is 6.05. The fourth-order valence-electron chi connectivity index (χ4n) is 3.51. The lowest BCUT2D eigenvalue weighted by atomic mass is 10.0. The molecule has 1 atom stereocenters. The SMILES string of the molecule is O=C(c1cc(=O)[nH]c2ccccc12)N1CCCC(OCc2cccnc2)C1. The molecule has 1 fully saturated rings. The number of nitrogens with zero attached hydrogens (tertiary/aromatic N) is 2. The molecule has 1 aliphatic rings. The molecule has 6 nitrogen and oxygen atoms in total. The van der Waals surface area contributed by atoms with Gasteiger partial charge in [0.25, 0.3) is 5.91 Å². The van der Waals surface area contributed by atoms with Crippen LogP contribution < -0.4 is 5.56 Å². The molecule has 0 aliphatic carbocycles. The second kappa shape index (κ2) is 7.72. The minimum absolute atomic E-state index is 0.0174. The third-order valence-corrected chi connectivity index (χ3v) is 4.85. The molecule has 2 aromatic heterocycles. The van der Waals surface area contributed by atoms with Gasteiger partial charge in [0.05, 0.1) is 18.3 Å². The minimum atomic E-state index is -0.265. The van der Waals surface area contributed by atoms with E-state index in [-0.39, 0.29) is 17.6 Å². The lowest BCUT2D eigenvalue weighted by Gasteiger charge is -2.33. The Kier molecular flexibility index (Phi) is 4.98. The molecule has 3 heterocycles. The number of carbonyl (C=O) groups is 1. The number of para-hydroxylation sites is 1. The van der Waals surface area contributed by atoms with Gasteiger partial charge < -0.3 is 14.6 Å². The first-order valence-corrected chi connectivity index (χ1v) is 9.12. The van der Waals surface area contributed by atoms with E-state index < -0.39 is 0 Å². The Labute approximate surface area is 156 Å². The summed E-state index contributed by atoms with van der Waals surface area (Å²) in [5.41, 5.74) is 1.87. The number of benzene rings is 1. The maximum absolute atomic E-state index is 13.1. The summed E-state index contributed by atoms with van der Waals surface area (Å²) in [5.74, 6) is -0.119. The summed E-state index contributed by atoms with van der Waals surface area (Å²) in [6, 6.07) is 12.6. The molecule has 138 valence electrons. The van der Waals surface area contributed by atoms with Crippen LogP contribution in [0.3, 0.4) is 0 Å². The van der Waals surface area contributed by atoms with Crippen molar-refractivity contribution in [1.82, 2.24) is 14.9 Å². The highest BCUT2D eigenvalue weighted by Crippen LogP contribution is 2.21. The lowest BCUT2D eigenvalue weighted by molar-refractivity contribution is -0.00676. The molecule has 3 aromatic rings. The van der Waals surface area contributed by atoms with Gasteiger partial charge in [0.15, 0.2) is 0 Å². The zero-order valence-corrected chi connectivity index (χ0v) is 14.9. The van der Waals surface area contributed by atoms with Gasteiger partial charge in [-0.2, -0.15) is 0 Å². The number of fused-ring (bicyclic) bond motifs is 1. The third-order valence-electron chi connectivity index (χ3n) is 4.85. The lowest BCUT2D eigenvalue weighted by Crippen LogP contribution is -2.43. The van der Waals surface area contributed by atoms with Crippen LogP contribution in [0.15, 0.2) is 59.7 Å². The molecule has 0 saturated carbocycles. The smallest absolute Gasteiger partial charge is 0.254 e. The van der Waals surface area contributed by atoms with Crippen LogP contribution in [-0.2, 0) is 11.3 Å². The number of hydrogen-bond donors (Lipinski definition) is 1. The summed E-state index contributed by atoms with van der Waals surface area (Å²) in [6.45, 7) is 1.68. The van der Waals surface area contributed by atoms with Crippen LogP contribution in [0.5, 0.6) is 0 Å². The van der Waals surface area contributed by atoms with Gasteiger partial charge >= 0.3 is 0 Å². The van der Waals surface area contributed by atoms with E-state index in [2.05, 4.69) is 9.97 Å². The number of rotatable bonds is 4. The Morgan fingerprint density at radius 2 is 2.15 bits per heavy atom. The average Bonchev–Trinajstić information content (AvgIpc) is 2.72. The van der Waals surface area contributed by atoms with Gasteiger partial charge in [0, 0.05) is 42.5 Å². The van der Waals surface area contributed by atoms with Crippen molar-refractivity contribution in [3.8, 4) is 0 Å². The van der Waals surface area contributed by atoms with E-state index in [4.69, 9.17) is 4.74 Å². The van der Waals surface area contributed by atoms with Gasteiger partial charge in [0.1, 0.15) is 0 Å². The van der Waals surface area contributed by atoms with E-state index in [1.165, 1.54) is 6.07 Å². The van der Waals surface area contributed by atoms with Gasteiger partial charge in [-0.1, -0.05) is 24.3 Å². The predicted molar refractivity (Wildman–Crippen MR) is 103 cm³/mol. The van der Waals surface area contributed by atoms with Crippen LogP contribution in [0.2, 0.25) is 0 Å². The van der Waals surface area contributed by atoms with E-state index in [0.717, 1.165) is 23.8 Å². The summed E-state index contributed by atoms with van der Waals surface area (Å²) < 4.78 is 5.99. The molecule has 1 N–H and O–H groups in total. The van der Waals surface area contributed by atoms with E-state index in [9.17, 15) is 9.59 Å². The summed E-state index contributed by atoms with van der Waals surface area (Å²) >= 11 is 0. The number of pyridine rings is 2. The quantitative estimate of drug-likeness (QED) is 0.773. The number of amides is 1. The number of likely N-dealkylation sites (tertiary alicyclic amines) is 1. The van der Waals surface area contributed by atoms with Crippen molar-refractivity contribution in [3.63, 3.8) is 0 Å². The van der Waals surface area contributed by atoms with Gasteiger partial charge in [-0.05, 0) is 30.5 Å². The molecule has 27 heavy (non-hydrogen) atoms. The van der Waals surface area contributed by atoms with Crippen molar-refractivity contribution < 1.29 is 9.53 Å². The largest absolute Gasteiger partial charge is 0.372 e. The molecule has 0 bridgehead atoms. The topological polar surface area (TPSA) is 75.3 Å². The maximum Gasteiger partial charge on any atom is 0.254 e. The van der Waals surface area contributed by atoms with Crippen LogP contribution in [0.25, 0.3) is 10.9 Å². The normalized spacial score (nSPS) is 17.2. The molecule has 1 unspecified atom stereocenters. The minimum Gasteiger partial charge on any atom is -0.372 e. The number of aromatic amines is 1. The Bertz CT molecular complexity index is 1000. The van der Waals surface area contributed by atoms with Crippen LogP contribution >= 0.6 is 0 Å². The molecule has 1 aliphatic heterocycles. The van der Waals surface area contributed by atoms with Gasteiger partial charge in [-0.3, -0.25) is 14.6 Å². The predicted octanol–water partition coefficient (Wildman–Crippen LogP) is 2.74. The molecule has 0 radical (unpaired) electrons. The molecular formula is C21H21N3O3. The Balaban J connectivity index is 1.50. The van der Waals surface area contributed by atoms with Crippen LogP contribution in [0, 0.1) is 0 Å². The number of piperidine rings is 1. The van der Waals surface area contributed by atoms with Crippen molar-refractivity contribution >= 4 is 16.8 Å². The number of nitrogens with one attached hydrogen (secondary N) is 1. The zero-order valence-electron chi connectivity index (χ0n) is 14.9. The van der Waals surface area contributed by atoms with Crippen molar-refractivity contribution in [2.24, 2.45) is 0 Å². The summed E-state index contributed by atoms with van der Waals surface area (Å²) in [4.78, 5) is 33.7. The van der Waals surface area contributed by atoms with Gasteiger partial charge in [-0.25, -0.2) is 0 Å². The number of hydrogen-bond acceptors (Lipinski definition) is 4. The summed E-state index contributed by atoms with van der Waals surface area (Å²) in [6.07, 6.45) is 5.30. The second-order valence-corrected chi connectivity index (χ2v) is 6.78. The first kappa shape index (κ1) is 17.4. The second-order valence-electron chi connectivity index (χ2n) is 6.78. The van der Waals surface area contributed by atoms with Crippen LogP contribution in [0.1, 0.15) is 28.8 Å². The van der Waals surface area contributed by atoms with Crippen molar-refractivity contribution in [2.75, 3.05) is 13.1 Å². The van der Waals surface area contributed by atoms with Crippen molar-refractivity contribution in [1.29, 1.82) is 0 Å². The molecule has 0 spiro atoms. The monoisotopic (exact) mass is 363 g/mol. The zero-order chi connectivity index (χ0) is 18.6. The number of carbonyl (C=O) groups excluding carboxylic acids is 1. The van der Waals surface area contributed by atoms with E-state index in [1.54, 1.807) is 17.3 Å². The first-order chi connectivity index (χ1) is 13.2. The molecule has 6 heteroatoms. The van der Waals surface area contributed by atoms with Crippen LogP contribution in [-0.4, -0.2) is 40.0 Å². The fourth-order valence-corrected chi connectivity index (χ4v) is 3.51. The van der Waals surface area contributed by atoms with E-state index in [0.29, 0.717) is 30.8 Å². The maximum atomic E-state index is 13.1. The summed E-state index contributed by atoms with van der Waals surface area (Å²) in [7, 11) is 0. The van der Waals surface area contributed by atoms with Crippen molar-refractivity contribution in [2.45, 2.75) is 25.6 Å². The number of aromatic nitrogens is 2. The average molecular weight is 363 g/mol. The third kappa shape index (κ3) is 3.90. The first-order valence-electron chi connectivity index (χ1n) is 9.12. The van der Waals surface area contributed by atoms with Gasteiger partial charge in [0.2, 0.25) is 5.56 Å². The highest BCUT2D eigenvalue weighted by Gasteiger charge is 2.26. The molecule has 4 rings (SSSR count). The number of H-pyrrole nitrogens is 1. The Morgan fingerprint density at radius 1 is 1.26 bits per heavy atom. The molecule has 1 saturated heterocycles.